The Morgan fingerprint density at radius 1 is 1.06 bits per heavy atom. The van der Waals surface area contributed by atoms with Crippen LogP contribution in [0.5, 0.6) is 11.5 Å². The number of aliphatic hydroxyl groups excluding tert-OH is 1. The first-order valence-electron chi connectivity index (χ1n) is 6.65. The maximum atomic E-state index is 8.63. The van der Waals surface area contributed by atoms with Gasteiger partial charge in [0.1, 0.15) is 0 Å². The Balaban J connectivity index is 2.18. The van der Waals surface area contributed by atoms with Crippen LogP contribution in [0.2, 0.25) is 0 Å². The molecule has 0 unspecified atom stereocenters. The first-order valence-corrected chi connectivity index (χ1v) is 6.65. The van der Waals surface area contributed by atoms with Gasteiger partial charge in [0.25, 0.3) is 0 Å². The lowest BCUT2D eigenvalue weighted by Crippen LogP contribution is -2.85. The Labute approximate surface area is 109 Å². The molecule has 0 saturated heterocycles. The molecule has 1 aromatic carbocycles. The summed E-state index contributed by atoms with van der Waals surface area (Å²) in [6, 6.07) is 7.76. The van der Waals surface area contributed by atoms with Crippen molar-refractivity contribution in [3.8, 4) is 11.5 Å². The standard InChI is InChI=1S/C14H23NO3/c1-2-17-13-7-3-4-8-14(13)18-12-6-5-9-15-10-11-16/h3-4,7-8,15-16H,2,5-6,9-12H2,1H3/p+1. The van der Waals surface area contributed by atoms with E-state index in [1.807, 2.05) is 31.2 Å². The van der Waals surface area contributed by atoms with Crippen molar-refractivity contribution in [2.45, 2.75) is 19.8 Å². The SMILES string of the molecule is CCOc1ccccc1OCCCC[NH2+]CCO. The monoisotopic (exact) mass is 254 g/mol. The number of aliphatic hydroxyl groups is 1. The summed E-state index contributed by atoms with van der Waals surface area (Å²) in [4.78, 5) is 0. The fraction of sp³-hybridized carbons (Fsp3) is 0.571. The number of hydrogen-bond acceptors (Lipinski definition) is 3. The van der Waals surface area contributed by atoms with Crippen molar-refractivity contribution in [1.29, 1.82) is 0 Å². The van der Waals surface area contributed by atoms with E-state index in [0.717, 1.165) is 37.4 Å². The molecule has 0 fully saturated rings. The Bertz CT molecular complexity index is 318. The highest BCUT2D eigenvalue weighted by atomic mass is 16.5. The molecule has 1 rings (SSSR count). The minimum Gasteiger partial charge on any atom is -0.490 e. The average Bonchev–Trinajstić information content (AvgIpc) is 2.40. The van der Waals surface area contributed by atoms with Gasteiger partial charge in [-0.25, -0.2) is 0 Å². The zero-order valence-electron chi connectivity index (χ0n) is 11.1. The summed E-state index contributed by atoms with van der Waals surface area (Å²) in [7, 11) is 0. The summed E-state index contributed by atoms with van der Waals surface area (Å²) < 4.78 is 11.2. The molecule has 0 aliphatic heterocycles. The van der Waals surface area contributed by atoms with E-state index in [4.69, 9.17) is 14.6 Å². The third kappa shape index (κ3) is 5.89. The number of rotatable bonds is 10. The molecule has 0 aliphatic carbocycles. The quantitative estimate of drug-likeness (QED) is 0.607. The van der Waals surface area contributed by atoms with E-state index in [9.17, 15) is 0 Å². The number of quaternary nitrogens is 1. The van der Waals surface area contributed by atoms with Crippen LogP contribution in [0.1, 0.15) is 19.8 Å². The predicted octanol–water partition coefficient (Wildman–Crippen LogP) is 0.800. The molecule has 0 heterocycles. The molecule has 102 valence electrons. The fourth-order valence-corrected chi connectivity index (χ4v) is 1.65. The molecule has 0 spiro atoms. The fourth-order valence-electron chi connectivity index (χ4n) is 1.65. The molecular formula is C14H24NO3+. The molecule has 0 aliphatic rings. The van der Waals surface area contributed by atoms with Crippen molar-refractivity contribution in [1.82, 2.24) is 0 Å². The van der Waals surface area contributed by atoms with Crippen LogP contribution < -0.4 is 14.8 Å². The molecule has 0 radical (unpaired) electrons. The van der Waals surface area contributed by atoms with Gasteiger partial charge in [0.05, 0.1) is 32.9 Å². The molecule has 3 N–H and O–H groups in total. The van der Waals surface area contributed by atoms with Crippen molar-refractivity contribution in [3.05, 3.63) is 24.3 Å². The van der Waals surface area contributed by atoms with Crippen LogP contribution in [0.3, 0.4) is 0 Å². The van der Waals surface area contributed by atoms with Gasteiger partial charge in [0, 0.05) is 0 Å². The summed E-state index contributed by atoms with van der Waals surface area (Å²) >= 11 is 0. The lowest BCUT2D eigenvalue weighted by Gasteiger charge is -2.11. The normalized spacial score (nSPS) is 10.3. The van der Waals surface area contributed by atoms with Crippen LogP contribution in [0.25, 0.3) is 0 Å². The van der Waals surface area contributed by atoms with E-state index in [2.05, 4.69) is 5.32 Å². The second-order valence-corrected chi connectivity index (χ2v) is 4.02. The summed E-state index contributed by atoms with van der Waals surface area (Å²) in [6.07, 6.45) is 2.11. The van der Waals surface area contributed by atoms with Crippen molar-refractivity contribution >= 4 is 0 Å². The highest BCUT2D eigenvalue weighted by molar-refractivity contribution is 5.39. The molecule has 0 aromatic heterocycles. The number of para-hydroxylation sites is 2. The molecule has 1 aromatic rings. The van der Waals surface area contributed by atoms with Crippen LogP contribution in [0.4, 0.5) is 0 Å². The molecule has 0 bridgehead atoms. The third-order valence-corrected chi connectivity index (χ3v) is 2.54. The van der Waals surface area contributed by atoms with Gasteiger partial charge in [-0.1, -0.05) is 12.1 Å². The highest BCUT2D eigenvalue weighted by Crippen LogP contribution is 2.26. The maximum Gasteiger partial charge on any atom is 0.161 e. The minimum atomic E-state index is 0.248. The zero-order chi connectivity index (χ0) is 13.1. The first kappa shape index (κ1) is 14.8. The Kier molecular flexibility index (Phi) is 8.01. The summed E-state index contributed by atoms with van der Waals surface area (Å²) in [5.41, 5.74) is 0. The van der Waals surface area contributed by atoms with Gasteiger partial charge in [0.2, 0.25) is 0 Å². The maximum absolute atomic E-state index is 8.63. The van der Waals surface area contributed by atoms with E-state index < -0.39 is 0 Å². The third-order valence-electron chi connectivity index (χ3n) is 2.54. The van der Waals surface area contributed by atoms with Crippen molar-refractivity contribution in [2.75, 3.05) is 32.9 Å². The van der Waals surface area contributed by atoms with Gasteiger partial charge < -0.3 is 19.9 Å². The van der Waals surface area contributed by atoms with Crippen LogP contribution in [0.15, 0.2) is 24.3 Å². The van der Waals surface area contributed by atoms with E-state index in [1.165, 1.54) is 0 Å². The second-order valence-electron chi connectivity index (χ2n) is 4.02. The minimum absolute atomic E-state index is 0.248. The van der Waals surface area contributed by atoms with Crippen molar-refractivity contribution < 1.29 is 19.9 Å². The molecular weight excluding hydrogens is 230 g/mol. The van der Waals surface area contributed by atoms with E-state index >= 15 is 0 Å². The summed E-state index contributed by atoms with van der Waals surface area (Å²) in [5, 5.41) is 10.7. The Morgan fingerprint density at radius 2 is 1.78 bits per heavy atom. The van der Waals surface area contributed by atoms with Crippen LogP contribution >= 0.6 is 0 Å². The number of unbranched alkanes of at least 4 members (excludes halogenated alkanes) is 1. The smallest absolute Gasteiger partial charge is 0.161 e. The number of benzene rings is 1. The second kappa shape index (κ2) is 9.74. The lowest BCUT2D eigenvalue weighted by molar-refractivity contribution is -0.656. The Morgan fingerprint density at radius 3 is 2.44 bits per heavy atom. The van der Waals surface area contributed by atoms with E-state index in [-0.39, 0.29) is 6.61 Å². The molecule has 4 heteroatoms. The van der Waals surface area contributed by atoms with Gasteiger partial charge in [-0.15, -0.1) is 0 Å². The number of nitrogens with two attached hydrogens (primary N) is 1. The van der Waals surface area contributed by atoms with Gasteiger partial charge in [-0.3, -0.25) is 0 Å². The molecule has 4 nitrogen and oxygen atoms in total. The lowest BCUT2D eigenvalue weighted by atomic mass is 10.3. The predicted molar refractivity (Wildman–Crippen MR) is 71.1 cm³/mol. The zero-order valence-corrected chi connectivity index (χ0v) is 11.1. The van der Waals surface area contributed by atoms with Crippen LogP contribution in [-0.2, 0) is 0 Å². The largest absolute Gasteiger partial charge is 0.490 e. The number of hydrogen-bond donors (Lipinski definition) is 2. The highest BCUT2D eigenvalue weighted by Gasteiger charge is 2.02. The average molecular weight is 254 g/mol. The molecule has 18 heavy (non-hydrogen) atoms. The molecule has 0 atom stereocenters. The topological polar surface area (TPSA) is 55.3 Å². The van der Waals surface area contributed by atoms with Crippen LogP contribution in [0, 0.1) is 0 Å². The van der Waals surface area contributed by atoms with E-state index in [0.29, 0.717) is 13.2 Å². The van der Waals surface area contributed by atoms with Gasteiger partial charge in [-0.2, -0.15) is 0 Å². The van der Waals surface area contributed by atoms with Gasteiger partial charge in [-0.05, 0) is 31.9 Å². The number of ether oxygens (including phenoxy) is 2. The van der Waals surface area contributed by atoms with Gasteiger partial charge in [0.15, 0.2) is 11.5 Å². The van der Waals surface area contributed by atoms with Crippen molar-refractivity contribution in [3.63, 3.8) is 0 Å². The summed E-state index contributed by atoms with van der Waals surface area (Å²) in [6.45, 7) is 5.39. The molecule has 0 saturated carbocycles. The summed E-state index contributed by atoms with van der Waals surface area (Å²) in [5.74, 6) is 1.63. The van der Waals surface area contributed by atoms with Gasteiger partial charge >= 0.3 is 0 Å². The first-order chi connectivity index (χ1) is 8.88. The Hall–Kier alpha value is -1.26. The molecule has 0 amide bonds. The van der Waals surface area contributed by atoms with Crippen molar-refractivity contribution in [2.24, 2.45) is 0 Å². The van der Waals surface area contributed by atoms with Crippen LogP contribution in [-0.4, -0.2) is 38.0 Å². The van der Waals surface area contributed by atoms with E-state index in [1.54, 1.807) is 0 Å².